The van der Waals surface area contributed by atoms with Crippen molar-refractivity contribution < 1.29 is 19.4 Å². The van der Waals surface area contributed by atoms with Gasteiger partial charge in [0.1, 0.15) is 11.5 Å². The Morgan fingerprint density at radius 3 is 2.29 bits per heavy atom. The summed E-state index contributed by atoms with van der Waals surface area (Å²) in [6, 6.07) is 18.2. The smallest absolute Gasteiger partial charge is 0.343 e. The van der Waals surface area contributed by atoms with Gasteiger partial charge in [-0.25, -0.2) is 4.79 Å². The Balaban J connectivity index is 1.84. The fourth-order valence-electron chi connectivity index (χ4n) is 3.35. The van der Waals surface area contributed by atoms with Crippen LogP contribution in [0.5, 0.6) is 5.75 Å². The third-order valence-electron chi connectivity index (χ3n) is 5.10. The summed E-state index contributed by atoms with van der Waals surface area (Å²) in [4.78, 5) is 34.7. The van der Waals surface area contributed by atoms with Gasteiger partial charge in [0.15, 0.2) is 5.78 Å². The molecule has 0 fully saturated rings. The summed E-state index contributed by atoms with van der Waals surface area (Å²) in [5.74, 6) is -1.25. The summed E-state index contributed by atoms with van der Waals surface area (Å²) < 4.78 is 5.66. The van der Waals surface area contributed by atoms with Gasteiger partial charge in [0.2, 0.25) is 0 Å². The van der Waals surface area contributed by atoms with Crippen molar-refractivity contribution in [3.8, 4) is 5.75 Å². The van der Waals surface area contributed by atoms with Crippen molar-refractivity contribution in [3.05, 3.63) is 124 Å². The van der Waals surface area contributed by atoms with Crippen LogP contribution in [-0.4, -0.2) is 26.8 Å². The molecule has 0 aliphatic carbocycles. The van der Waals surface area contributed by atoms with Crippen molar-refractivity contribution in [1.82, 2.24) is 9.97 Å². The third-order valence-corrected chi connectivity index (χ3v) is 5.43. The highest BCUT2D eigenvalue weighted by molar-refractivity contribution is 6.35. The molecule has 0 spiro atoms. The maximum atomic E-state index is 13.6. The first kappa shape index (κ1) is 22.9. The fourth-order valence-corrected chi connectivity index (χ4v) is 3.58. The van der Waals surface area contributed by atoms with Gasteiger partial charge in [0.25, 0.3) is 0 Å². The molecule has 6 nitrogen and oxygen atoms in total. The Labute approximate surface area is 201 Å². The van der Waals surface area contributed by atoms with Crippen molar-refractivity contribution in [2.75, 3.05) is 0 Å². The van der Waals surface area contributed by atoms with Crippen LogP contribution >= 0.6 is 11.6 Å². The van der Waals surface area contributed by atoms with Crippen molar-refractivity contribution in [3.63, 3.8) is 0 Å². The van der Waals surface area contributed by atoms with E-state index in [-0.39, 0.29) is 33.4 Å². The molecule has 0 amide bonds. The van der Waals surface area contributed by atoms with E-state index in [4.69, 9.17) is 16.3 Å². The van der Waals surface area contributed by atoms with Gasteiger partial charge < -0.3 is 9.84 Å². The molecule has 0 radical (unpaired) electrons. The van der Waals surface area contributed by atoms with E-state index in [0.29, 0.717) is 11.1 Å². The highest BCUT2D eigenvalue weighted by Crippen LogP contribution is 2.30. The first-order valence-electron chi connectivity index (χ1n) is 10.3. The first-order chi connectivity index (χ1) is 16.5. The number of ether oxygens (including phenoxy) is 1. The quantitative estimate of drug-likeness (QED) is 0.213. The van der Waals surface area contributed by atoms with E-state index in [1.165, 1.54) is 30.7 Å². The van der Waals surface area contributed by atoms with Crippen LogP contribution in [0.1, 0.15) is 43.1 Å². The Morgan fingerprint density at radius 2 is 1.59 bits per heavy atom. The van der Waals surface area contributed by atoms with Gasteiger partial charge in [-0.1, -0.05) is 41.9 Å². The lowest BCUT2D eigenvalue weighted by Crippen LogP contribution is -2.15. The fraction of sp³-hybridized carbons (Fsp3) is 0.0370. The maximum Gasteiger partial charge on any atom is 0.343 e. The molecule has 2 aromatic heterocycles. The minimum Gasteiger partial charge on any atom is -0.507 e. The largest absolute Gasteiger partial charge is 0.507 e. The summed E-state index contributed by atoms with van der Waals surface area (Å²) in [5, 5.41) is 10.9. The number of aromatic nitrogens is 2. The number of pyridine rings is 2. The lowest BCUT2D eigenvalue weighted by molar-refractivity contribution is 0.0732. The number of esters is 1. The van der Waals surface area contributed by atoms with Gasteiger partial charge in [-0.3, -0.25) is 14.8 Å². The van der Waals surface area contributed by atoms with Crippen LogP contribution in [0.2, 0.25) is 5.02 Å². The second-order valence-electron chi connectivity index (χ2n) is 7.35. The monoisotopic (exact) mass is 470 g/mol. The molecule has 0 saturated carbocycles. The van der Waals surface area contributed by atoms with Crippen LogP contribution < -0.4 is 4.74 Å². The molecule has 0 aliphatic heterocycles. The van der Waals surface area contributed by atoms with E-state index < -0.39 is 11.8 Å². The predicted octanol–water partition coefficient (Wildman–Crippen LogP) is 5.94. The number of aliphatic hydroxyl groups excluding tert-OH is 1. The van der Waals surface area contributed by atoms with Crippen molar-refractivity contribution in [2.45, 2.75) is 6.92 Å². The summed E-state index contributed by atoms with van der Waals surface area (Å²) in [6.07, 6.45) is 5.80. The average Bonchev–Trinajstić information content (AvgIpc) is 2.85. The Bertz CT molecular complexity index is 1400. The Morgan fingerprint density at radius 1 is 0.912 bits per heavy atom. The number of ketones is 1. The zero-order chi connectivity index (χ0) is 24.1. The highest BCUT2D eigenvalue weighted by atomic mass is 35.5. The lowest BCUT2D eigenvalue weighted by Gasteiger charge is -2.13. The van der Waals surface area contributed by atoms with Crippen molar-refractivity contribution in [1.29, 1.82) is 0 Å². The number of aliphatic hydroxyl groups is 1. The highest BCUT2D eigenvalue weighted by Gasteiger charge is 2.24. The third kappa shape index (κ3) is 4.87. The minimum atomic E-state index is -0.620. The summed E-state index contributed by atoms with van der Waals surface area (Å²) in [7, 11) is 0. The average molecular weight is 471 g/mol. The first-order valence-corrected chi connectivity index (χ1v) is 10.7. The van der Waals surface area contributed by atoms with E-state index in [1.807, 2.05) is 6.07 Å². The number of hydrogen-bond acceptors (Lipinski definition) is 6. The number of rotatable bonds is 6. The molecular formula is C27H19ClN2O4. The summed E-state index contributed by atoms with van der Waals surface area (Å²) in [6.45, 7) is 1.79. The van der Waals surface area contributed by atoms with Gasteiger partial charge in [-0.05, 0) is 42.8 Å². The van der Waals surface area contributed by atoms with Crippen LogP contribution in [0.25, 0.3) is 11.8 Å². The van der Waals surface area contributed by atoms with Crippen LogP contribution in [0.3, 0.4) is 0 Å². The van der Waals surface area contributed by atoms with Crippen LogP contribution in [0, 0.1) is 6.92 Å². The van der Waals surface area contributed by atoms with E-state index in [1.54, 1.807) is 61.5 Å². The van der Waals surface area contributed by atoms with Crippen molar-refractivity contribution in [2.24, 2.45) is 0 Å². The molecule has 0 unspecified atom stereocenters. The molecule has 34 heavy (non-hydrogen) atoms. The molecule has 1 N–H and O–H groups in total. The van der Waals surface area contributed by atoms with E-state index in [0.717, 1.165) is 5.56 Å². The second kappa shape index (κ2) is 10.1. The minimum absolute atomic E-state index is 0.00172. The van der Waals surface area contributed by atoms with E-state index >= 15 is 0 Å². The van der Waals surface area contributed by atoms with Gasteiger partial charge in [-0.15, -0.1) is 0 Å². The van der Waals surface area contributed by atoms with Gasteiger partial charge >= 0.3 is 5.97 Å². The zero-order valence-electron chi connectivity index (χ0n) is 18.1. The van der Waals surface area contributed by atoms with E-state index in [2.05, 4.69) is 9.97 Å². The maximum absolute atomic E-state index is 13.6. The topological polar surface area (TPSA) is 89.4 Å². The van der Waals surface area contributed by atoms with Crippen LogP contribution in [0.15, 0.2) is 85.3 Å². The molecular weight excluding hydrogens is 452 g/mol. The van der Waals surface area contributed by atoms with Crippen molar-refractivity contribution >= 4 is 35.2 Å². The number of hydrogen-bond donors (Lipinski definition) is 1. The second-order valence-corrected chi connectivity index (χ2v) is 7.76. The Kier molecular flexibility index (Phi) is 6.80. The van der Waals surface area contributed by atoms with E-state index in [9.17, 15) is 14.7 Å². The molecule has 0 bridgehead atoms. The number of halogens is 1. The zero-order valence-corrected chi connectivity index (χ0v) is 18.9. The molecule has 0 saturated heterocycles. The van der Waals surface area contributed by atoms with Gasteiger partial charge in [0, 0.05) is 41.9 Å². The molecule has 0 atom stereocenters. The molecule has 4 aromatic rings. The normalized spacial score (nSPS) is 11.2. The molecule has 2 aromatic carbocycles. The van der Waals surface area contributed by atoms with Crippen LogP contribution in [0.4, 0.5) is 0 Å². The number of carbonyl (C=O) groups is 2. The van der Waals surface area contributed by atoms with Crippen LogP contribution in [-0.2, 0) is 0 Å². The molecule has 168 valence electrons. The SMILES string of the molecule is Cc1ccccc1C(=O)Oc1ccnc(/C=C(\O)c2ccncc2)c1C(=O)c1ccccc1Cl. The molecule has 0 aliphatic rings. The Hall–Kier alpha value is -4.29. The number of nitrogens with zero attached hydrogens (tertiary/aromatic N) is 2. The van der Waals surface area contributed by atoms with Gasteiger partial charge in [0.05, 0.1) is 21.8 Å². The standard InChI is InChI=1S/C27H19ClN2O4/c1-17-6-2-3-7-19(17)27(33)34-24-12-15-30-22(16-23(31)18-10-13-29-14-11-18)25(24)26(32)20-8-4-5-9-21(20)28/h2-16,31H,1H3/b23-16-. The van der Waals surface area contributed by atoms with Gasteiger partial charge in [-0.2, -0.15) is 0 Å². The molecule has 4 rings (SSSR count). The molecule has 7 heteroatoms. The lowest BCUT2D eigenvalue weighted by atomic mass is 9.99. The summed E-state index contributed by atoms with van der Waals surface area (Å²) in [5.41, 5.74) is 1.91. The molecule has 2 heterocycles. The number of aryl methyl sites for hydroxylation is 1. The summed E-state index contributed by atoms with van der Waals surface area (Å²) >= 11 is 6.28. The number of carbonyl (C=O) groups excluding carboxylic acids is 2. The predicted molar refractivity (Wildman–Crippen MR) is 130 cm³/mol. The number of benzene rings is 2.